The molecule has 12 heteroatoms. The molecule has 1 aliphatic heterocycles. The zero-order valence-electron chi connectivity index (χ0n) is 21.0. The lowest BCUT2D eigenvalue weighted by Gasteiger charge is -2.22. The maximum Gasteiger partial charge on any atom is 0.294 e. The number of rotatable bonds is 7. The van der Waals surface area contributed by atoms with Crippen LogP contribution in [0.5, 0.6) is 5.75 Å². The van der Waals surface area contributed by atoms with E-state index in [1.165, 1.54) is 25.3 Å². The van der Waals surface area contributed by atoms with Crippen LogP contribution in [0.25, 0.3) is 22.6 Å². The topological polar surface area (TPSA) is 114 Å². The number of nitro groups is 1. The number of aryl methyl sites for hydroxylation is 1. The highest BCUT2D eigenvalue weighted by Gasteiger charge is 2.30. The molecular weight excluding hydrogens is 479 g/mol. The number of benzene rings is 2. The van der Waals surface area contributed by atoms with Crippen molar-refractivity contribution in [1.29, 1.82) is 0 Å². The number of halogens is 1. The van der Waals surface area contributed by atoms with Gasteiger partial charge in [-0.1, -0.05) is 0 Å². The van der Waals surface area contributed by atoms with Gasteiger partial charge in [0.25, 0.3) is 5.69 Å². The largest absolute Gasteiger partial charge is 0.494 e. The first-order valence-electron chi connectivity index (χ1n) is 11.8. The summed E-state index contributed by atoms with van der Waals surface area (Å²) in [5.41, 5.74) is 2.63. The van der Waals surface area contributed by atoms with Crippen LogP contribution in [-0.2, 0) is 7.05 Å². The van der Waals surface area contributed by atoms with Crippen LogP contribution in [0.3, 0.4) is 0 Å². The summed E-state index contributed by atoms with van der Waals surface area (Å²) in [7, 11) is 7.35. The number of fused-ring (bicyclic) bond motifs is 1. The second-order valence-corrected chi connectivity index (χ2v) is 9.17. The molecule has 0 aliphatic carbocycles. The summed E-state index contributed by atoms with van der Waals surface area (Å²) in [4.78, 5) is 29.1. The second kappa shape index (κ2) is 9.62. The van der Waals surface area contributed by atoms with Gasteiger partial charge in [-0.15, -0.1) is 0 Å². The average molecular weight is 507 g/mol. The lowest BCUT2D eigenvalue weighted by Crippen LogP contribution is -2.31. The number of likely N-dealkylation sites (N-methyl/N-ethyl adjacent to an activating group) is 1. The van der Waals surface area contributed by atoms with Crippen LogP contribution in [0, 0.1) is 15.9 Å². The fourth-order valence-electron chi connectivity index (χ4n) is 4.67. The summed E-state index contributed by atoms with van der Waals surface area (Å²) in [6.45, 7) is 1.41. The summed E-state index contributed by atoms with van der Waals surface area (Å²) < 4.78 is 21.1. The molecule has 0 spiro atoms. The van der Waals surface area contributed by atoms with E-state index < -0.39 is 4.92 Å². The number of imidazole rings is 1. The number of aromatic nitrogens is 4. The molecule has 5 rings (SSSR count). The Morgan fingerprint density at radius 2 is 2.03 bits per heavy atom. The van der Waals surface area contributed by atoms with Crippen LogP contribution in [0.1, 0.15) is 6.42 Å². The van der Waals surface area contributed by atoms with E-state index in [0.717, 1.165) is 11.9 Å². The van der Waals surface area contributed by atoms with E-state index in [-0.39, 0.29) is 17.5 Å². The van der Waals surface area contributed by atoms with Crippen molar-refractivity contribution in [2.24, 2.45) is 7.05 Å². The van der Waals surface area contributed by atoms with E-state index >= 15 is 0 Å². The standard InChI is InChI=1S/C25H27FN8O3/c1-31(2)16-8-10-33(14-16)21-13-23(37-4)19(12-22(21)34(35)36)30-25-27-9-7-17(29-25)24-28-18-11-15(26)5-6-20(18)32(24)3/h5-7,9,11-13,16H,8,10,14H2,1-4H3,(H,27,29,30)/t16-/m0/s1. The quantitative estimate of drug-likeness (QED) is 0.294. The normalized spacial score (nSPS) is 15.5. The molecule has 11 nitrogen and oxygen atoms in total. The predicted molar refractivity (Wildman–Crippen MR) is 139 cm³/mol. The first-order valence-corrected chi connectivity index (χ1v) is 11.8. The van der Waals surface area contributed by atoms with Crippen LogP contribution in [0.4, 0.5) is 27.4 Å². The number of anilines is 3. The number of nitro benzene ring substituents is 1. The Bertz CT molecular complexity index is 1490. The molecule has 3 heterocycles. The highest BCUT2D eigenvalue weighted by molar-refractivity contribution is 5.80. The lowest BCUT2D eigenvalue weighted by molar-refractivity contribution is -0.384. The molecule has 1 aliphatic rings. The highest BCUT2D eigenvalue weighted by atomic mass is 19.1. The average Bonchev–Trinajstić information content (AvgIpc) is 3.49. The van der Waals surface area contributed by atoms with Crippen LogP contribution in [0.15, 0.2) is 42.6 Å². The zero-order chi connectivity index (χ0) is 26.3. The summed E-state index contributed by atoms with van der Waals surface area (Å²) in [6, 6.07) is 9.55. The van der Waals surface area contributed by atoms with Crippen molar-refractivity contribution in [2.75, 3.05) is 44.5 Å². The van der Waals surface area contributed by atoms with Crippen LogP contribution < -0.4 is 15.0 Å². The summed E-state index contributed by atoms with van der Waals surface area (Å²) in [6.07, 6.45) is 2.48. The fourth-order valence-corrected chi connectivity index (χ4v) is 4.67. The number of hydrogen-bond acceptors (Lipinski definition) is 9. The molecule has 0 bridgehead atoms. The molecule has 37 heavy (non-hydrogen) atoms. The van der Waals surface area contributed by atoms with Crippen LogP contribution in [0.2, 0.25) is 0 Å². The maximum atomic E-state index is 13.7. The molecule has 192 valence electrons. The van der Waals surface area contributed by atoms with Crippen molar-refractivity contribution in [3.8, 4) is 17.3 Å². The van der Waals surface area contributed by atoms with Crippen LogP contribution >= 0.6 is 0 Å². The van der Waals surface area contributed by atoms with Gasteiger partial charge in [0, 0.05) is 50.6 Å². The van der Waals surface area contributed by atoms with Crippen LogP contribution in [-0.4, -0.2) is 69.7 Å². The highest BCUT2D eigenvalue weighted by Crippen LogP contribution is 2.40. The van der Waals surface area contributed by atoms with E-state index in [4.69, 9.17) is 4.74 Å². The van der Waals surface area contributed by atoms with E-state index in [1.54, 1.807) is 24.4 Å². The Labute approximate surface area is 212 Å². The third-order valence-electron chi connectivity index (χ3n) is 6.70. The van der Waals surface area contributed by atoms with Gasteiger partial charge in [-0.25, -0.2) is 19.3 Å². The van der Waals surface area contributed by atoms with E-state index in [2.05, 4.69) is 25.2 Å². The first kappa shape index (κ1) is 24.4. The van der Waals surface area contributed by atoms with Gasteiger partial charge in [0.05, 0.1) is 28.8 Å². The Balaban J connectivity index is 1.49. The minimum absolute atomic E-state index is 0.0313. The van der Waals surface area contributed by atoms with Gasteiger partial charge in [0.15, 0.2) is 5.82 Å². The molecule has 4 aromatic rings. The van der Waals surface area contributed by atoms with Crippen molar-refractivity contribution >= 4 is 34.0 Å². The maximum absolute atomic E-state index is 13.7. The van der Waals surface area contributed by atoms with Gasteiger partial charge in [0.1, 0.15) is 22.9 Å². The summed E-state index contributed by atoms with van der Waals surface area (Å²) in [5.74, 6) is 0.806. The number of methoxy groups -OCH3 is 1. The Hall–Kier alpha value is -4.32. The lowest BCUT2D eigenvalue weighted by atomic mass is 10.2. The van der Waals surface area contributed by atoms with Gasteiger partial charge >= 0.3 is 0 Å². The van der Waals surface area contributed by atoms with Gasteiger partial charge in [0.2, 0.25) is 5.95 Å². The molecule has 1 atom stereocenters. The Morgan fingerprint density at radius 1 is 1.22 bits per heavy atom. The monoisotopic (exact) mass is 506 g/mol. The van der Waals surface area contributed by atoms with Gasteiger partial charge in [-0.3, -0.25) is 10.1 Å². The van der Waals surface area contributed by atoms with Crippen molar-refractivity contribution in [1.82, 2.24) is 24.4 Å². The zero-order valence-corrected chi connectivity index (χ0v) is 21.0. The van der Waals surface area contributed by atoms with Gasteiger partial charge in [-0.05, 0) is 38.7 Å². The van der Waals surface area contributed by atoms with Crippen molar-refractivity contribution in [3.05, 3.63) is 58.5 Å². The molecule has 0 saturated carbocycles. The molecule has 0 unspecified atom stereocenters. The molecular formula is C25H27FN8O3. The number of nitrogens with zero attached hydrogens (tertiary/aromatic N) is 7. The third-order valence-corrected chi connectivity index (χ3v) is 6.70. The number of nitrogens with one attached hydrogen (secondary N) is 1. The SMILES string of the molecule is COc1cc(N2CC[C@H](N(C)C)C2)c([N+](=O)[O-])cc1Nc1nccc(-c2nc3cc(F)ccc3n2C)n1. The smallest absolute Gasteiger partial charge is 0.294 e. The van der Waals surface area contributed by atoms with Gasteiger partial charge < -0.3 is 24.4 Å². The minimum Gasteiger partial charge on any atom is -0.494 e. The van der Waals surface area contributed by atoms with E-state index in [1.807, 2.05) is 30.6 Å². The molecule has 1 N–H and O–H groups in total. The minimum atomic E-state index is -0.390. The van der Waals surface area contributed by atoms with Crippen molar-refractivity contribution < 1.29 is 14.1 Å². The van der Waals surface area contributed by atoms with Crippen molar-refractivity contribution in [3.63, 3.8) is 0 Å². The molecule has 2 aromatic carbocycles. The predicted octanol–water partition coefficient (Wildman–Crippen LogP) is 3.97. The second-order valence-electron chi connectivity index (χ2n) is 9.17. The molecule has 0 radical (unpaired) electrons. The number of ether oxygens (including phenoxy) is 1. The van der Waals surface area contributed by atoms with E-state index in [9.17, 15) is 14.5 Å². The molecule has 2 aromatic heterocycles. The summed E-state index contributed by atoms with van der Waals surface area (Å²) in [5, 5.41) is 15.1. The summed E-state index contributed by atoms with van der Waals surface area (Å²) >= 11 is 0. The van der Waals surface area contributed by atoms with Crippen molar-refractivity contribution in [2.45, 2.75) is 12.5 Å². The Morgan fingerprint density at radius 3 is 2.73 bits per heavy atom. The molecule has 0 amide bonds. The first-order chi connectivity index (χ1) is 17.7. The molecule has 1 fully saturated rings. The number of hydrogen-bond donors (Lipinski definition) is 1. The fraction of sp³-hybridized carbons (Fsp3) is 0.320. The third kappa shape index (κ3) is 4.62. The van der Waals surface area contributed by atoms with E-state index in [0.29, 0.717) is 53.3 Å². The van der Waals surface area contributed by atoms with Gasteiger partial charge in [-0.2, -0.15) is 0 Å². The Kier molecular flexibility index (Phi) is 6.34. The molecule has 1 saturated heterocycles.